The van der Waals surface area contributed by atoms with Crippen LogP contribution in [0.5, 0.6) is 0 Å². The standard InChI is InChI=1S/C17H29N5OS.HI/c1-4-18-17(19-11-16-13(2)20-14(3)24-16)22-6-5-15(12-22)21-7-9-23-10-8-21;/h15H,4-12H2,1-3H3,(H,18,19);1H. The van der Waals surface area contributed by atoms with Gasteiger partial charge in [0, 0.05) is 43.6 Å². The molecule has 2 aliphatic rings. The molecule has 0 aromatic carbocycles. The zero-order valence-corrected chi connectivity index (χ0v) is 18.6. The van der Waals surface area contributed by atoms with E-state index in [9.17, 15) is 0 Å². The number of likely N-dealkylation sites (tertiary alicyclic amines) is 1. The molecule has 0 radical (unpaired) electrons. The molecular formula is C17H30IN5OS. The van der Waals surface area contributed by atoms with Gasteiger partial charge in [-0.25, -0.2) is 9.98 Å². The van der Waals surface area contributed by atoms with Crippen molar-refractivity contribution in [2.24, 2.45) is 4.99 Å². The van der Waals surface area contributed by atoms with Crippen LogP contribution in [0, 0.1) is 13.8 Å². The normalized spacial score (nSPS) is 22.1. The highest BCUT2D eigenvalue weighted by Gasteiger charge is 2.30. The van der Waals surface area contributed by atoms with Gasteiger partial charge in [-0.1, -0.05) is 0 Å². The van der Waals surface area contributed by atoms with Crippen molar-refractivity contribution in [2.75, 3.05) is 45.9 Å². The number of thiazole rings is 1. The van der Waals surface area contributed by atoms with E-state index in [1.165, 1.54) is 11.3 Å². The van der Waals surface area contributed by atoms with Gasteiger partial charge in [-0.05, 0) is 27.2 Å². The second-order valence-corrected chi connectivity index (χ2v) is 7.74. The molecule has 1 N–H and O–H groups in total. The SMILES string of the molecule is CCNC(=NCc1sc(C)nc1C)N1CCC(N2CCOCC2)C1.I. The van der Waals surface area contributed by atoms with Crippen molar-refractivity contribution in [3.05, 3.63) is 15.6 Å². The van der Waals surface area contributed by atoms with Crippen LogP contribution >= 0.6 is 35.3 Å². The summed E-state index contributed by atoms with van der Waals surface area (Å²) in [6.07, 6.45) is 1.21. The molecule has 0 bridgehead atoms. The Morgan fingerprint density at radius 3 is 2.72 bits per heavy atom. The largest absolute Gasteiger partial charge is 0.379 e. The minimum absolute atomic E-state index is 0. The molecule has 142 valence electrons. The second kappa shape index (κ2) is 10.0. The summed E-state index contributed by atoms with van der Waals surface area (Å²) in [6.45, 7) is 13.9. The first-order chi connectivity index (χ1) is 11.7. The Balaban J connectivity index is 0.00000225. The van der Waals surface area contributed by atoms with Crippen molar-refractivity contribution in [1.82, 2.24) is 20.1 Å². The molecule has 0 spiro atoms. The van der Waals surface area contributed by atoms with E-state index in [4.69, 9.17) is 9.73 Å². The number of morpholine rings is 1. The Morgan fingerprint density at radius 2 is 2.08 bits per heavy atom. The Kier molecular flexibility index (Phi) is 8.37. The molecule has 3 rings (SSSR count). The molecule has 2 fully saturated rings. The van der Waals surface area contributed by atoms with Crippen LogP contribution in [0.1, 0.15) is 28.9 Å². The predicted octanol–water partition coefficient (Wildman–Crippen LogP) is 2.25. The summed E-state index contributed by atoms with van der Waals surface area (Å²) in [5.74, 6) is 1.04. The van der Waals surface area contributed by atoms with Crippen molar-refractivity contribution in [2.45, 2.75) is 39.8 Å². The molecule has 25 heavy (non-hydrogen) atoms. The summed E-state index contributed by atoms with van der Waals surface area (Å²) in [6, 6.07) is 0.630. The van der Waals surface area contributed by atoms with Gasteiger partial charge in [-0.3, -0.25) is 4.90 Å². The lowest BCUT2D eigenvalue weighted by atomic mass is 10.2. The van der Waals surface area contributed by atoms with Crippen LogP contribution in [0.3, 0.4) is 0 Å². The second-order valence-electron chi connectivity index (χ2n) is 6.45. The number of nitrogens with zero attached hydrogens (tertiary/aromatic N) is 4. The highest BCUT2D eigenvalue weighted by atomic mass is 127. The van der Waals surface area contributed by atoms with E-state index in [1.807, 2.05) is 0 Å². The van der Waals surface area contributed by atoms with E-state index in [-0.39, 0.29) is 24.0 Å². The lowest BCUT2D eigenvalue weighted by molar-refractivity contribution is 0.0195. The first-order valence-electron chi connectivity index (χ1n) is 8.95. The van der Waals surface area contributed by atoms with Crippen molar-refractivity contribution >= 4 is 41.3 Å². The molecule has 1 aromatic heterocycles. The summed E-state index contributed by atoms with van der Waals surface area (Å²) in [5, 5.41) is 4.58. The molecule has 0 saturated carbocycles. The number of rotatable bonds is 4. The van der Waals surface area contributed by atoms with Gasteiger partial charge >= 0.3 is 0 Å². The Morgan fingerprint density at radius 1 is 1.32 bits per heavy atom. The first-order valence-corrected chi connectivity index (χ1v) is 9.77. The monoisotopic (exact) mass is 479 g/mol. The fourth-order valence-electron chi connectivity index (χ4n) is 3.47. The molecule has 1 unspecified atom stereocenters. The zero-order valence-electron chi connectivity index (χ0n) is 15.5. The van der Waals surface area contributed by atoms with Gasteiger partial charge < -0.3 is 15.0 Å². The van der Waals surface area contributed by atoms with Gasteiger partial charge in [0.1, 0.15) is 0 Å². The molecule has 6 nitrogen and oxygen atoms in total. The topological polar surface area (TPSA) is 53.0 Å². The Hall–Kier alpha value is -0.450. The molecule has 0 aliphatic carbocycles. The number of aromatic nitrogens is 1. The predicted molar refractivity (Wildman–Crippen MR) is 114 cm³/mol. The van der Waals surface area contributed by atoms with E-state index in [0.29, 0.717) is 6.04 Å². The highest BCUT2D eigenvalue weighted by molar-refractivity contribution is 14.0. The van der Waals surface area contributed by atoms with Crippen LogP contribution < -0.4 is 5.32 Å². The lowest BCUT2D eigenvalue weighted by Crippen LogP contribution is -2.46. The van der Waals surface area contributed by atoms with Gasteiger partial charge in [-0.2, -0.15) is 0 Å². The van der Waals surface area contributed by atoms with Gasteiger partial charge in [0.05, 0.1) is 30.5 Å². The number of aryl methyl sites for hydroxylation is 2. The van der Waals surface area contributed by atoms with E-state index in [1.54, 1.807) is 11.3 Å². The zero-order chi connectivity index (χ0) is 16.9. The molecule has 8 heteroatoms. The summed E-state index contributed by atoms with van der Waals surface area (Å²) >= 11 is 1.75. The maximum atomic E-state index is 5.48. The molecule has 3 heterocycles. The maximum Gasteiger partial charge on any atom is 0.194 e. The first kappa shape index (κ1) is 20.9. The minimum atomic E-state index is 0. The molecule has 2 saturated heterocycles. The molecule has 1 aromatic rings. The number of hydrogen-bond acceptors (Lipinski definition) is 5. The van der Waals surface area contributed by atoms with Crippen molar-refractivity contribution in [3.63, 3.8) is 0 Å². The number of nitrogens with one attached hydrogen (secondary N) is 1. The maximum absolute atomic E-state index is 5.48. The van der Waals surface area contributed by atoms with Crippen LogP contribution in [0.25, 0.3) is 0 Å². The minimum Gasteiger partial charge on any atom is -0.379 e. The number of aliphatic imine (C=N–C) groups is 1. The van der Waals surface area contributed by atoms with Crippen LogP contribution in [0.15, 0.2) is 4.99 Å². The summed E-state index contributed by atoms with van der Waals surface area (Å²) in [7, 11) is 0. The third-order valence-corrected chi connectivity index (χ3v) is 5.79. The van der Waals surface area contributed by atoms with Crippen LogP contribution in [-0.2, 0) is 11.3 Å². The number of ether oxygens (including phenoxy) is 1. The van der Waals surface area contributed by atoms with E-state index in [2.05, 4.69) is 40.9 Å². The van der Waals surface area contributed by atoms with Gasteiger partial charge in [-0.15, -0.1) is 35.3 Å². The van der Waals surface area contributed by atoms with Crippen molar-refractivity contribution < 1.29 is 4.74 Å². The number of halogens is 1. The molecule has 0 amide bonds. The summed E-state index contributed by atoms with van der Waals surface area (Å²) in [4.78, 5) is 15.6. The van der Waals surface area contributed by atoms with Crippen LogP contribution in [0.4, 0.5) is 0 Å². The van der Waals surface area contributed by atoms with Gasteiger partial charge in [0.2, 0.25) is 0 Å². The third kappa shape index (κ3) is 5.51. The molecular weight excluding hydrogens is 449 g/mol. The van der Waals surface area contributed by atoms with Crippen LogP contribution in [0.2, 0.25) is 0 Å². The number of hydrogen-bond donors (Lipinski definition) is 1. The van der Waals surface area contributed by atoms with Crippen molar-refractivity contribution in [3.8, 4) is 0 Å². The third-order valence-electron chi connectivity index (χ3n) is 4.73. The average molecular weight is 479 g/mol. The lowest BCUT2D eigenvalue weighted by Gasteiger charge is -2.32. The Bertz CT molecular complexity index is 573. The van der Waals surface area contributed by atoms with E-state index in [0.717, 1.165) is 69.1 Å². The highest BCUT2D eigenvalue weighted by Crippen LogP contribution is 2.20. The summed E-state index contributed by atoms with van der Waals surface area (Å²) in [5.41, 5.74) is 1.12. The fourth-order valence-corrected chi connectivity index (χ4v) is 4.33. The Labute approximate surface area is 172 Å². The quantitative estimate of drug-likeness (QED) is 0.408. The van der Waals surface area contributed by atoms with E-state index >= 15 is 0 Å². The van der Waals surface area contributed by atoms with E-state index < -0.39 is 0 Å². The summed E-state index contributed by atoms with van der Waals surface area (Å²) < 4.78 is 5.48. The number of guanidine groups is 1. The smallest absolute Gasteiger partial charge is 0.194 e. The average Bonchev–Trinajstić information content (AvgIpc) is 3.19. The van der Waals surface area contributed by atoms with Gasteiger partial charge in [0.15, 0.2) is 5.96 Å². The van der Waals surface area contributed by atoms with Crippen molar-refractivity contribution in [1.29, 1.82) is 0 Å². The van der Waals surface area contributed by atoms with Gasteiger partial charge in [0.25, 0.3) is 0 Å². The molecule has 2 aliphatic heterocycles. The van der Waals surface area contributed by atoms with Crippen LogP contribution in [-0.4, -0.2) is 72.7 Å². The fraction of sp³-hybridized carbons (Fsp3) is 0.765. The molecule has 1 atom stereocenters.